The Bertz CT molecular complexity index is 681. The maximum atomic E-state index is 10.2. The van der Waals surface area contributed by atoms with Crippen LogP contribution < -0.4 is 4.74 Å². The summed E-state index contributed by atoms with van der Waals surface area (Å²) < 4.78 is 13.2. The normalized spacial score (nSPS) is 19.3. The van der Waals surface area contributed by atoms with Gasteiger partial charge >= 0.3 is 0 Å². The van der Waals surface area contributed by atoms with Crippen molar-refractivity contribution >= 4 is 0 Å². The molecule has 1 aliphatic rings. The average Bonchev–Trinajstić information content (AvgIpc) is 3.14. The summed E-state index contributed by atoms with van der Waals surface area (Å²) >= 11 is 0. The second-order valence-electron chi connectivity index (χ2n) is 6.08. The maximum Gasteiger partial charge on any atom is 0.119 e. The van der Waals surface area contributed by atoms with Crippen LogP contribution in [0, 0.1) is 11.3 Å². The Labute approximate surface area is 147 Å². The molecular formula is C18H22N4O3. The number of morpholine rings is 1. The molecule has 0 bridgehead atoms. The first-order chi connectivity index (χ1) is 12.2. The van der Waals surface area contributed by atoms with Crippen LogP contribution in [0.5, 0.6) is 5.75 Å². The summed E-state index contributed by atoms with van der Waals surface area (Å²) in [7, 11) is 0. The molecule has 0 spiro atoms. The molecule has 3 rings (SSSR count). The van der Waals surface area contributed by atoms with Crippen molar-refractivity contribution in [3.8, 4) is 11.8 Å². The van der Waals surface area contributed by atoms with Gasteiger partial charge in [-0.3, -0.25) is 9.58 Å². The Morgan fingerprint density at radius 3 is 2.96 bits per heavy atom. The molecule has 0 aliphatic carbocycles. The molecule has 0 amide bonds. The van der Waals surface area contributed by atoms with E-state index in [-0.39, 0.29) is 12.7 Å². The molecule has 0 radical (unpaired) electrons. The van der Waals surface area contributed by atoms with Crippen LogP contribution in [0.4, 0.5) is 0 Å². The van der Waals surface area contributed by atoms with E-state index in [1.807, 2.05) is 16.9 Å². The summed E-state index contributed by atoms with van der Waals surface area (Å²) in [6, 6.07) is 10.8. The quantitative estimate of drug-likeness (QED) is 0.805. The minimum absolute atomic E-state index is 0.0697. The Hall–Kier alpha value is -2.40. The maximum absolute atomic E-state index is 10.2. The molecule has 1 aromatic carbocycles. The number of rotatable bonds is 7. The van der Waals surface area contributed by atoms with Crippen molar-refractivity contribution in [2.45, 2.75) is 18.8 Å². The fourth-order valence-electron chi connectivity index (χ4n) is 2.84. The molecule has 0 unspecified atom stereocenters. The van der Waals surface area contributed by atoms with Gasteiger partial charge in [-0.15, -0.1) is 0 Å². The van der Waals surface area contributed by atoms with Crippen molar-refractivity contribution in [3.05, 3.63) is 48.3 Å². The number of hydrogen-bond acceptors (Lipinski definition) is 6. The Kier molecular flexibility index (Phi) is 6.01. The lowest BCUT2D eigenvalue weighted by Gasteiger charge is -2.33. The molecule has 1 fully saturated rings. The third-order valence-electron chi connectivity index (χ3n) is 4.07. The van der Waals surface area contributed by atoms with E-state index >= 15 is 0 Å². The van der Waals surface area contributed by atoms with E-state index in [4.69, 9.17) is 14.7 Å². The van der Waals surface area contributed by atoms with Gasteiger partial charge in [-0.2, -0.15) is 10.4 Å². The van der Waals surface area contributed by atoms with Gasteiger partial charge in [-0.05, 0) is 30.3 Å². The molecule has 25 heavy (non-hydrogen) atoms. The first kappa shape index (κ1) is 17.4. The monoisotopic (exact) mass is 342 g/mol. The van der Waals surface area contributed by atoms with E-state index in [1.165, 1.54) is 0 Å². The number of nitrogens with zero attached hydrogens (tertiary/aromatic N) is 4. The number of aliphatic hydroxyl groups is 1. The molecule has 1 N–H and O–H groups in total. The number of β-amino-alcohol motifs (C(OH)–C–C–N with tert-alkyl or cyclic N) is 1. The highest BCUT2D eigenvalue weighted by Gasteiger charge is 2.23. The largest absolute Gasteiger partial charge is 0.491 e. The number of aliphatic hydroxyl groups excluding tert-OH is 1. The molecular weight excluding hydrogens is 320 g/mol. The minimum atomic E-state index is -0.584. The highest BCUT2D eigenvalue weighted by molar-refractivity contribution is 5.34. The number of hydrogen-bond donors (Lipinski definition) is 1. The molecule has 132 valence electrons. The van der Waals surface area contributed by atoms with Gasteiger partial charge in [0, 0.05) is 32.0 Å². The van der Waals surface area contributed by atoms with Crippen molar-refractivity contribution in [2.75, 3.05) is 32.8 Å². The van der Waals surface area contributed by atoms with Gasteiger partial charge in [0.05, 0.1) is 30.9 Å². The smallest absolute Gasteiger partial charge is 0.119 e. The van der Waals surface area contributed by atoms with Gasteiger partial charge in [0.15, 0.2) is 0 Å². The third kappa shape index (κ3) is 5.29. The van der Waals surface area contributed by atoms with Crippen molar-refractivity contribution in [3.63, 3.8) is 0 Å². The van der Waals surface area contributed by atoms with Crippen molar-refractivity contribution in [1.29, 1.82) is 5.26 Å². The van der Waals surface area contributed by atoms with E-state index in [0.717, 1.165) is 13.1 Å². The lowest BCUT2D eigenvalue weighted by molar-refractivity contribution is -0.0517. The lowest BCUT2D eigenvalue weighted by Crippen LogP contribution is -2.47. The predicted molar refractivity (Wildman–Crippen MR) is 91.1 cm³/mol. The van der Waals surface area contributed by atoms with Gasteiger partial charge < -0.3 is 14.6 Å². The summed E-state index contributed by atoms with van der Waals surface area (Å²) in [6.45, 7) is 3.66. The summed E-state index contributed by atoms with van der Waals surface area (Å²) in [5, 5.41) is 23.2. The van der Waals surface area contributed by atoms with E-state index in [1.54, 1.807) is 30.5 Å². The molecule has 7 heteroatoms. The number of aromatic nitrogens is 2. The van der Waals surface area contributed by atoms with Crippen LogP contribution in [-0.2, 0) is 11.3 Å². The van der Waals surface area contributed by atoms with Crippen LogP contribution in [0.2, 0.25) is 0 Å². The van der Waals surface area contributed by atoms with Crippen molar-refractivity contribution in [1.82, 2.24) is 14.7 Å². The Balaban J connectivity index is 1.42. The fourth-order valence-corrected chi connectivity index (χ4v) is 2.84. The Morgan fingerprint density at radius 2 is 2.24 bits per heavy atom. The SMILES string of the molecule is N#Cc1ccc(OC[C@H](O)CN2CCO[C@@H](Cn3cccn3)C2)cc1. The standard InChI is InChI=1S/C18H22N4O3/c19-10-15-2-4-17(5-3-15)25-14-16(23)11-21-8-9-24-18(12-21)13-22-7-1-6-20-22/h1-7,16,18,23H,8-9,11-14H2/t16-,18-/m1/s1. The lowest BCUT2D eigenvalue weighted by atomic mass is 10.2. The van der Waals surface area contributed by atoms with Crippen molar-refractivity contribution in [2.24, 2.45) is 0 Å². The van der Waals surface area contributed by atoms with E-state index < -0.39 is 6.10 Å². The first-order valence-electron chi connectivity index (χ1n) is 8.35. The third-order valence-corrected chi connectivity index (χ3v) is 4.07. The molecule has 2 heterocycles. The summed E-state index contributed by atoms with van der Waals surface area (Å²) in [4.78, 5) is 2.18. The highest BCUT2D eigenvalue weighted by atomic mass is 16.5. The van der Waals surface area contributed by atoms with E-state index in [0.29, 0.717) is 31.0 Å². The van der Waals surface area contributed by atoms with Crippen LogP contribution in [0.3, 0.4) is 0 Å². The van der Waals surface area contributed by atoms with Gasteiger partial charge in [-0.1, -0.05) is 0 Å². The van der Waals surface area contributed by atoms with Gasteiger partial charge in [-0.25, -0.2) is 0 Å². The highest BCUT2D eigenvalue weighted by Crippen LogP contribution is 2.13. The average molecular weight is 342 g/mol. The van der Waals surface area contributed by atoms with Gasteiger partial charge in [0.1, 0.15) is 18.5 Å². The van der Waals surface area contributed by atoms with E-state index in [9.17, 15) is 5.11 Å². The molecule has 2 atom stereocenters. The molecule has 0 saturated carbocycles. The van der Waals surface area contributed by atoms with Gasteiger partial charge in [0.25, 0.3) is 0 Å². The predicted octanol–water partition coefficient (Wildman–Crippen LogP) is 0.895. The van der Waals surface area contributed by atoms with Crippen LogP contribution in [-0.4, -0.2) is 64.8 Å². The molecule has 1 aromatic heterocycles. The second-order valence-corrected chi connectivity index (χ2v) is 6.08. The number of nitriles is 1. The summed E-state index contributed by atoms with van der Waals surface area (Å²) in [5.74, 6) is 0.650. The second kappa shape index (κ2) is 8.62. The summed E-state index contributed by atoms with van der Waals surface area (Å²) in [5.41, 5.74) is 0.587. The first-order valence-corrected chi connectivity index (χ1v) is 8.35. The zero-order valence-electron chi connectivity index (χ0n) is 14.0. The molecule has 1 aliphatic heterocycles. The van der Waals surface area contributed by atoms with Crippen LogP contribution >= 0.6 is 0 Å². The molecule has 1 saturated heterocycles. The van der Waals surface area contributed by atoms with Crippen LogP contribution in [0.25, 0.3) is 0 Å². The Morgan fingerprint density at radius 1 is 1.40 bits per heavy atom. The van der Waals surface area contributed by atoms with Gasteiger partial charge in [0.2, 0.25) is 0 Å². The number of benzene rings is 1. The minimum Gasteiger partial charge on any atom is -0.491 e. The zero-order chi connectivity index (χ0) is 17.5. The molecule has 7 nitrogen and oxygen atoms in total. The van der Waals surface area contributed by atoms with E-state index in [2.05, 4.69) is 16.1 Å². The zero-order valence-corrected chi connectivity index (χ0v) is 14.0. The molecule has 2 aromatic rings. The topological polar surface area (TPSA) is 83.5 Å². The van der Waals surface area contributed by atoms with Crippen LogP contribution in [0.1, 0.15) is 5.56 Å². The fraction of sp³-hybridized carbons (Fsp3) is 0.444. The summed E-state index contributed by atoms with van der Waals surface area (Å²) in [6.07, 6.45) is 3.16. The van der Waals surface area contributed by atoms with Crippen molar-refractivity contribution < 1.29 is 14.6 Å². The van der Waals surface area contributed by atoms with Crippen LogP contribution in [0.15, 0.2) is 42.7 Å². The number of ether oxygens (including phenoxy) is 2.